The first-order valence-corrected chi connectivity index (χ1v) is 9.22. The van der Waals surface area contributed by atoms with Gasteiger partial charge in [-0.2, -0.15) is 0 Å². The first kappa shape index (κ1) is 19.3. The lowest BCUT2D eigenvalue weighted by molar-refractivity contribution is 0.314. The summed E-state index contributed by atoms with van der Waals surface area (Å²) in [6.45, 7) is 3.96. The van der Waals surface area contributed by atoms with Crippen LogP contribution < -0.4 is 10.4 Å². The van der Waals surface area contributed by atoms with Crippen LogP contribution in [-0.4, -0.2) is 17.3 Å². The molecule has 1 aromatic carbocycles. The molecule has 0 spiro atoms. The second-order valence-corrected chi connectivity index (χ2v) is 7.04. The van der Waals surface area contributed by atoms with Gasteiger partial charge in [0.1, 0.15) is 11.3 Å². The van der Waals surface area contributed by atoms with E-state index in [4.69, 9.17) is 26.1 Å². The quantitative estimate of drug-likeness (QED) is 0.525. The molecule has 0 radical (unpaired) electrons. The minimum Gasteiger partial charge on any atom is -0.460 e. The maximum absolute atomic E-state index is 12.9. The van der Waals surface area contributed by atoms with Gasteiger partial charge in [-0.15, -0.1) is 0 Å². The Morgan fingerprint density at radius 3 is 2.63 bits per heavy atom. The average molecular weight is 446 g/mol. The summed E-state index contributed by atoms with van der Waals surface area (Å²) in [4.78, 5) is 16.9. The molecule has 0 atom stereocenters. The van der Waals surface area contributed by atoms with Crippen LogP contribution in [-0.2, 0) is 4.74 Å². The van der Waals surface area contributed by atoms with Crippen LogP contribution in [0.3, 0.4) is 0 Å². The van der Waals surface area contributed by atoms with E-state index in [1.165, 1.54) is 7.11 Å². The van der Waals surface area contributed by atoms with Crippen molar-refractivity contribution in [1.29, 1.82) is 0 Å². The van der Waals surface area contributed by atoms with Crippen molar-refractivity contribution in [3.05, 3.63) is 68.7 Å². The zero-order valence-electron chi connectivity index (χ0n) is 14.9. The van der Waals surface area contributed by atoms with Crippen LogP contribution in [0, 0.1) is 13.8 Å². The zero-order valence-corrected chi connectivity index (χ0v) is 17.3. The molecule has 5 nitrogen and oxygen atoms in total. The van der Waals surface area contributed by atoms with Crippen LogP contribution in [0.15, 0.2) is 56.4 Å². The Labute approximate surface area is 170 Å². The maximum atomic E-state index is 12.9. The lowest BCUT2D eigenvalue weighted by Crippen LogP contribution is -2.13. The number of methoxy groups -OCH3 is 1. The van der Waals surface area contributed by atoms with E-state index in [0.717, 1.165) is 15.6 Å². The highest BCUT2D eigenvalue weighted by Gasteiger charge is 2.20. The van der Waals surface area contributed by atoms with Crippen molar-refractivity contribution in [3.8, 4) is 28.2 Å². The van der Waals surface area contributed by atoms with Crippen molar-refractivity contribution in [2.24, 2.45) is 0 Å². The molecule has 2 aromatic heterocycles. The van der Waals surface area contributed by atoms with Gasteiger partial charge in [-0.1, -0.05) is 15.9 Å². The zero-order chi connectivity index (χ0) is 19.6. The predicted molar refractivity (Wildman–Crippen MR) is 111 cm³/mol. The van der Waals surface area contributed by atoms with E-state index in [1.54, 1.807) is 30.6 Å². The Hall–Kier alpha value is -2.51. The number of halogens is 1. The predicted octanol–water partition coefficient (Wildman–Crippen LogP) is 5.06. The van der Waals surface area contributed by atoms with Crippen LogP contribution in [0.1, 0.15) is 11.1 Å². The number of nitrogens with zero attached hydrogens (tertiary/aromatic N) is 1. The molecule has 0 aliphatic rings. The molecule has 138 valence electrons. The number of thiocarbonyl (C=S) groups is 1. The van der Waals surface area contributed by atoms with Crippen LogP contribution >= 0.6 is 28.1 Å². The number of hydrogen-bond acceptors (Lipinski definition) is 6. The summed E-state index contributed by atoms with van der Waals surface area (Å²) in [5, 5.41) is -0.0982. The van der Waals surface area contributed by atoms with Gasteiger partial charge < -0.3 is 13.9 Å². The van der Waals surface area contributed by atoms with Crippen LogP contribution in [0.2, 0.25) is 0 Å². The van der Waals surface area contributed by atoms with Crippen LogP contribution in [0.5, 0.6) is 5.75 Å². The lowest BCUT2D eigenvalue weighted by Gasteiger charge is -2.14. The van der Waals surface area contributed by atoms with Crippen LogP contribution in [0.25, 0.3) is 22.5 Å². The normalized spacial score (nSPS) is 10.5. The third kappa shape index (κ3) is 4.09. The van der Waals surface area contributed by atoms with Crippen molar-refractivity contribution >= 4 is 33.4 Å². The molecule has 0 saturated heterocycles. The van der Waals surface area contributed by atoms with Crippen molar-refractivity contribution in [2.75, 3.05) is 7.11 Å². The highest BCUT2D eigenvalue weighted by atomic mass is 79.9. The fraction of sp³-hybridized carbons (Fsp3) is 0.150. The Bertz CT molecular complexity index is 1060. The third-order valence-electron chi connectivity index (χ3n) is 4.07. The molecule has 0 fully saturated rings. The minimum atomic E-state index is -0.547. The van der Waals surface area contributed by atoms with E-state index in [-0.39, 0.29) is 16.5 Å². The second-order valence-electron chi connectivity index (χ2n) is 5.85. The summed E-state index contributed by atoms with van der Waals surface area (Å²) < 4.78 is 16.9. The lowest BCUT2D eigenvalue weighted by atomic mass is 10.0. The molecule has 0 bridgehead atoms. The number of aromatic nitrogens is 1. The first-order valence-electron chi connectivity index (χ1n) is 8.02. The Morgan fingerprint density at radius 1 is 1.22 bits per heavy atom. The fourth-order valence-electron chi connectivity index (χ4n) is 2.55. The van der Waals surface area contributed by atoms with E-state index in [9.17, 15) is 4.79 Å². The third-order valence-corrected chi connectivity index (χ3v) is 4.98. The van der Waals surface area contributed by atoms with Crippen molar-refractivity contribution < 1.29 is 13.9 Å². The molecule has 0 unspecified atom stereocenters. The van der Waals surface area contributed by atoms with Gasteiger partial charge in [-0.25, -0.2) is 4.79 Å². The molecule has 7 heteroatoms. The number of aryl methyl sites for hydroxylation is 2. The Kier molecular flexibility index (Phi) is 5.72. The average Bonchev–Trinajstić information content (AvgIpc) is 2.65. The van der Waals surface area contributed by atoms with E-state index in [1.807, 2.05) is 26.0 Å². The van der Waals surface area contributed by atoms with Gasteiger partial charge in [0.25, 0.3) is 0 Å². The summed E-state index contributed by atoms with van der Waals surface area (Å²) in [5.74, 6) is 0.576. The fourth-order valence-corrected chi connectivity index (χ4v) is 3.30. The Morgan fingerprint density at radius 2 is 1.96 bits per heavy atom. The number of hydrogen-bond donors (Lipinski definition) is 0. The monoisotopic (exact) mass is 445 g/mol. The van der Waals surface area contributed by atoms with Crippen molar-refractivity contribution in [3.63, 3.8) is 0 Å². The minimum absolute atomic E-state index is 0.0982. The highest BCUT2D eigenvalue weighted by Crippen LogP contribution is 2.36. The molecule has 0 aliphatic carbocycles. The van der Waals surface area contributed by atoms with Gasteiger partial charge in [-0.3, -0.25) is 4.98 Å². The van der Waals surface area contributed by atoms with Gasteiger partial charge in [0, 0.05) is 46.3 Å². The number of pyridine rings is 1. The first-order chi connectivity index (χ1) is 12.9. The van der Waals surface area contributed by atoms with E-state index < -0.39 is 5.63 Å². The van der Waals surface area contributed by atoms with Gasteiger partial charge in [0.2, 0.25) is 0 Å². The molecule has 0 N–H and O–H groups in total. The van der Waals surface area contributed by atoms with E-state index >= 15 is 0 Å². The van der Waals surface area contributed by atoms with E-state index in [2.05, 4.69) is 20.9 Å². The summed E-state index contributed by atoms with van der Waals surface area (Å²) >= 11 is 8.55. The smallest absolute Gasteiger partial charge is 0.357 e. The molecule has 3 rings (SSSR count). The number of ether oxygens (including phenoxy) is 2. The molecule has 27 heavy (non-hydrogen) atoms. The summed E-state index contributed by atoms with van der Waals surface area (Å²) in [5.41, 5.74) is 3.14. The SMILES string of the molecule is COC(=S)Oc1cc(-c2cccnc2)oc(=O)c1-c1cc(C)c(C)cc1Br. The molecule has 0 aliphatic heterocycles. The second kappa shape index (κ2) is 8.02. The van der Waals surface area contributed by atoms with Crippen molar-refractivity contribution in [1.82, 2.24) is 4.98 Å². The van der Waals surface area contributed by atoms with Gasteiger partial charge in [0.05, 0.1) is 7.11 Å². The number of rotatable bonds is 3. The van der Waals surface area contributed by atoms with Crippen LogP contribution in [0.4, 0.5) is 0 Å². The molecule has 0 saturated carbocycles. The summed E-state index contributed by atoms with van der Waals surface area (Å²) in [7, 11) is 1.40. The Balaban J connectivity index is 2.26. The van der Waals surface area contributed by atoms with E-state index in [0.29, 0.717) is 16.9 Å². The highest BCUT2D eigenvalue weighted by molar-refractivity contribution is 9.10. The van der Waals surface area contributed by atoms with Crippen molar-refractivity contribution in [2.45, 2.75) is 13.8 Å². The molecule has 3 aromatic rings. The molecule has 2 heterocycles. The largest absolute Gasteiger partial charge is 0.460 e. The van der Waals surface area contributed by atoms with Gasteiger partial charge in [-0.05, 0) is 49.2 Å². The molecule has 0 amide bonds. The summed E-state index contributed by atoms with van der Waals surface area (Å²) in [6, 6.07) is 9.00. The number of benzene rings is 1. The summed E-state index contributed by atoms with van der Waals surface area (Å²) in [6.07, 6.45) is 3.24. The standard InChI is InChI=1S/C20H16BrNO4S/c1-11-7-14(15(21)8-12(11)2)18-17(26-20(27)24-3)9-16(25-19(18)23)13-5-4-6-22-10-13/h4-10H,1-3H3. The molecular weight excluding hydrogens is 430 g/mol. The molecular formula is C20H16BrNO4S. The maximum Gasteiger partial charge on any atom is 0.357 e. The van der Waals surface area contributed by atoms with Gasteiger partial charge >= 0.3 is 10.9 Å². The topological polar surface area (TPSA) is 61.6 Å². The van der Waals surface area contributed by atoms with Gasteiger partial charge in [0.15, 0.2) is 5.75 Å².